The Bertz CT molecular complexity index is 788. The van der Waals surface area contributed by atoms with Gasteiger partial charge in [-0.1, -0.05) is 32.0 Å². The van der Waals surface area contributed by atoms with Gasteiger partial charge in [0, 0.05) is 34.6 Å². The molecule has 1 amide bonds. The second-order valence-corrected chi connectivity index (χ2v) is 6.69. The first-order valence-electron chi connectivity index (χ1n) is 7.44. The Morgan fingerprint density at radius 2 is 2.18 bits per heavy atom. The van der Waals surface area contributed by atoms with Crippen molar-refractivity contribution < 1.29 is 4.79 Å². The second-order valence-electron chi connectivity index (χ2n) is 5.63. The highest BCUT2D eigenvalue weighted by atomic mass is 32.1. The van der Waals surface area contributed by atoms with Gasteiger partial charge in [0.25, 0.3) is 0 Å². The maximum absolute atomic E-state index is 12.1. The lowest BCUT2D eigenvalue weighted by Gasteiger charge is -2.02. The standard InChI is InChI=1S/C17H19N3OS/c1-11(2)15-10-19-17(22-15)20-16(21)8-7-12-9-18-14-6-4-3-5-13(12)14/h3-6,9-11,18H,7-8H2,1-2H3,(H,19,20,21). The lowest BCUT2D eigenvalue weighted by atomic mass is 10.1. The molecular weight excluding hydrogens is 294 g/mol. The SMILES string of the molecule is CC(C)c1cnc(NC(=O)CCc2c[nH]c3ccccc23)s1. The number of aromatic amines is 1. The number of benzene rings is 1. The minimum atomic E-state index is 0.00920. The summed E-state index contributed by atoms with van der Waals surface area (Å²) in [5.41, 5.74) is 2.28. The van der Waals surface area contributed by atoms with Gasteiger partial charge < -0.3 is 10.3 Å². The highest BCUT2D eigenvalue weighted by Crippen LogP contribution is 2.25. The van der Waals surface area contributed by atoms with Gasteiger partial charge in [0.05, 0.1) is 0 Å². The van der Waals surface area contributed by atoms with Gasteiger partial charge >= 0.3 is 0 Å². The Balaban J connectivity index is 1.60. The lowest BCUT2D eigenvalue weighted by molar-refractivity contribution is -0.116. The fourth-order valence-electron chi connectivity index (χ4n) is 2.38. The number of amides is 1. The molecule has 4 nitrogen and oxygen atoms in total. The molecular formula is C17H19N3OS. The number of anilines is 1. The number of H-pyrrole nitrogens is 1. The molecule has 2 aromatic heterocycles. The Kier molecular flexibility index (Phi) is 4.24. The van der Waals surface area contributed by atoms with E-state index in [0.717, 1.165) is 11.9 Å². The van der Waals surface area contributed by atoms with Gasteiger partial charge in [-0.15, -0.1) is 11.3 Å². The number of nitrogens with one attached hydrogen (secondary N) is 2. The van der Waals surface area contributed by atoms with Gasteiger partial charge in [-0.2, -0.15) is 0 Å². The zero-order valence-corrected chi connectivity index (χ0v) is 13.5. The molecule has 0 radical (unpaired) electrons. The van der Waals surface area contributed by atoms with Crippen LogP contribution in [-0.2, 0) is 11.2 Å². The van der Waals surface area contributed by atoms with E-state index in [0.29, 0.717) is 17.5 Å². The molecule has 0 aliphatic carbocycles. The predicted octanol–water partition coefficient (Wildman–Crippen LogP) is 4.32. The number of aromatic nitrogens is 2. The number of hydrogen-bond donors (Lipinski definition) is 2. The fraction of sp³-hybridized carbons (Fsp3) is 0.294. The Morgan fingerprint density at radius 3 is 2.95 bits per heavy atom. The third-order valence-electron chi connectivity index (χ3n) is 3.64. The minimum Gasteiger partial charge on any atom is -0.361 e. The highest BCUT2D eigenvalue weighted by molar-refractivity contribution is 7.15. The summed E-state index contributed by atoms with van der Waals surface area (Å²) in [6.07, 6.45) is 5.00. The normalized spacial score (nSPS) is 11.2. The first-order chi connectivity index (χ1) is 10.6. The van der Waals surface area contributed by atoms with Crippen molar-refractivity contribution in [3.05, 3.63) is 47.1 Å². The van der Waals surface area contributed by atoms with E-state index in [1.165, 1.54) is 15.8 Å². The Hall–Kier alpha value is -2.14. The van der Waals surface area contributed by atoms with E-state index in [1.807, 2.05) is 30.6 Å². The smallest absolute Gasteiger partial charge is 0.226 e. The van der Waals surface area contributed by atoms with Crippen LogP contribution in [0.5, 0.6) is 0 Å². The van der Waals surface area contributed by atoms with E-state index in [-0.39, 0.29) is 5.91 Å². The number of fused-ring (bicyclic) bond motifs is 1. The first-order valence-corrected chi connectivity index (χ1v) is 8.25. The van der Waals surface area contributed by atoms with Crippen molar-refractivity contribution in [3.8, 4) is 0 Å². The molecule has 0 fully saturated rings. The van der Waals surface area contributed by atoms with E-state index in [4.69, 9.17) is 0 Å². The Morgan fingerprint density at radius 1 is 1.36 bits per heavy atom. The van der Waals surface area contributed by atoms with Crippen LogP contribution >= 0.6 is 11.3 Å². The number of para-hydroxylation sites is 1. The number of carbonyl (C=O) groups is 1. The van der Waals surface area contributed by atoms with Gasteiger partial charge in [0.1, 0.15) is 0 Å². The molecule has 0 bridgehead atoms. The molecule has 3 rings (SSSR count). The quantitative estimate of drug-likeness (QED) is 0.737. The minimum absolute atomic E-state index is 0.00920. The van der Waals surface area contributed by atoms with E-state index in [2.05, 4.69) is 35.2 Å². The second kappa shape index (κ2) is 6.32. The maximum Gasteiger partial charge on any atom is 0.226 e. The number of carbonyl (C=O) groups excluding carboxylic acids is 1. The maximum atomic E-state index is 12.1. The molecule has 0 aliphatic rings. The van der Waals surface area contributed by atoms with Crippen molar-refractivity contribution in [2.45, 2.75) is 32.6 Å². The topological polar surface area (TPSA) is 57.8 Å². The highest BCUT2D eigenvalue weighted by Gasteiger charge is 2.10. The molecule has 0 aliphatic heterocycles. The van der Waals surface area contributed by atoms with E-state index in [1.54, 1.807) is 11.3 Å². The number of thiazole rings is 1. The number of nitrogens with zero attached hydrogens (tertiary/aromatic N) is 1. The van der Waals surface area contributed by atoms with Crippen LogP contribution in [0.1, 0.15) is 36.6 Å². The summed E-state index contributed by atoms with van der Waals surface area (Å²) >= 11 is 1.55. The third-order valence-corrected chi connectivity index (χ3v) is 4.85. The van der Waals surface area contributed by atoms with Crippen LogP contribution < -0.4 is 5.32 Å². The zero-order chi connectivity index (χ0) is 15.5. The van der Waals surface area contributed by atoms with Gasteiger partial charge in [0.2, 0.25) is 5.91 Å². The van der Waals surface area contributed by atoms with Crippen molar-refractivity contribution in [1.29, 1.82) is 0 Å². The van der Waals surface area contributed by atoms with Crippen molar-refractivity contribution in [1.82, 2.24) is 9.97 Å². The third kappa shape index (κ3) is 3.20. The van der Waals surface area contributed by atoms with Crippen molar-refractivity contribution in [2.24, 2.45) is 0 Å². The molecule has 0 atom stereocenters. The molecule has 0 spiro atoms. The summed E-state index contributed by atoms with van der Waals surface area (Å²) in [5.74, 6) is 0.448. The van der Waals surface area contributed by atoms with Crippen molar-refractivity contribution in [2.75, 3.05) is 5.32 Å². The zero-order valence-electron chi connectivity index (χ0n) is 12.7. The van der Waals surface area contributed by atoms with Crippen LogP contribution in [0.15, 0.2) is 36.7 Å². The molecule has 114 valence electrons. The first kappa shape index (κ1) is 14.8. The number of hydrogen-bond acceptors (Lipinski definition) is 3. The summed E-state index contributed by atoms with van der Waals surface area (Å²) in [6.45, 7) is 4.24. The van der Waals surface area contributed by atoms with Gasteiger partial charge in [0.15, 0.2) is 5.13 Å². The van der Waals surface area contributed by atoms with Gasteiger partial charge in [-0.3, -0.25) is 4.79 Å². The molecule has 0 saturated carbocycles. The van der Waals surface area contributed by atoms with Crippen molar-refractivity contribution in [3.63, 3.8) is 0 Å². The Labute approximate surface area is 133 Å². The van der Waals surface area contributed by atoms with E-state index in [9.17, 15) is 4.79 Å². The van der Waals surface area contributed by atoms with Crippen LogP contribution in [0.25, 0.3) is 10.9 Å². The summed E-state index contributed by atoms with van der Waals surface area (Å²) in [7, 11) is 0. The van der Waals surface area contributed by atoms with Gasteiger partial charge in [-0.25, -0.2) is 4.98 Å². The number of rotatable bonds is 5. The summed E-state index contributed by atoms with van der Waals surface area (Å²) < 4.78 is 0. The van der Waals surface area contributed by atoms with Crippen LogP contribution in [0, 0.1) is 0 Å². The lowest BCUT2D eigenvalue weighted by Crippen LogP contribution is -2.11. The largest absolute Gasteiger partial charge is 0.361 e. The van der Waals surface area contributed by atoms with Crippen LogP contribution in [0.3, 0.4) is 0 Å². The van der Waals surface area contributed by atoms with Crippen LogP contribution in [0.2, 0.25) is 0 Å². The average Bonchev–Trinajstić information content (AvgIpc) is 3.12. The predicted molar refractivity (Wildman–Crippen MR) is 91.5 cm³/mol. The summed E-state index contributed by atoms with van der Waals surface area (Å²) in [6, 6.07) is 8.14. The monoisotopic (exact) mass is 313 g/mol. The average molecular weight is 313 g/mol. The van der Waals surface area contributed by atoms with E-state index >= 15 is 0 Å². The van der Waals surface area contributed by atoms with E-state index < -0.39 is 0 Å². The summed E-state index contributed by atoms with van der Waals surface area (Å²) in [4.78, 5) is 20.7. The molecule has 1 aromatic carbocycles. The van der Waals surface area contributed by atoms with Crippen LogP contribution in [-0.4, -0.2) is 15.9 Å². The summed E-state index contributed by atoms with van der Waals surface area (Å²) in [5, 5.41) is 4.76. The van der Waals surface area contributed by atoms with Crippen LogP contribution in [0.4, 0.5) is 5.13 Å². The molecule has 5 heteroatoms. The molecule has 2 N–H and O–H groups in total. The molecule has 2 heterocycles. The van der Waals surface area contributed by atoms with Crippen molar-refractivity contribution >= 4 is 33.3 Å². The van der Waals surface area contributed by atoms with Gasteiger partial charge in [-0.05, 0) is 24.0 Å². The molecule has 0 saturated heterocycles. The number of aryl methyl sites for hydroxylation is 1. The molecule has 0 unspecified atom stereocenters. The molecule has 3 aromatic rings. The fourth-order valence-corrected chi connectivity index (χ4v) is 3.21. The molecule has 22 heavy (non-hydrogen) atoms.